The van der Waals surface area contributed by atoms with Gasteiger partial charge in [-0.15, -0.1) is 0 Å². The molecule has 1 aliphatic heterocycles. The molecule has 0 fully saturated rings. The Morgan fingerprint density at radius 2 is 1.82 bits per heavy atom. The molecular weight excluding hydrogens is 274 g/mol. The van der Waals surface area contributed by atoms with Crippen LogP contribution in [0.1, 0.15) is 17.3 Å². The van der Waals surface area contributed by atoms with Crippen LogP contribution in [0.25, 0.3) is 0 Å². The lowest BCUT2D eigenvalue weighted by molar-refractivity contribution is 0.0984. The third kappa shape index (κ3) is 2.64. The second-order valence-electron chi connectivity index (χ2n) is 6.02. The van der Waals surface area contributed by atoms with Gasteiger partial charge in [0, 0.05) is 31.4 Å². The van der Waals surface area contributed by atoms with Gasteiger partial charge in [0.1, 0.15) is 0 Å². The number of carbonyl (C=O) groups excluding carboxylic acids is 1. The van der Waals surface area contributed by atoms with Crippen molar-refractivity contribution in [3.63, 3.8) is 0 Å². The van der Waals surface area contributed by atoms with E-state index in [0.29, 0.717) is 23.7 Å². The predicted octanol–water partition coefficient (Wildman–Crippen LogP) is 3.00. The average molecular weight is 295 g/mol. The Hall–Kier alpha value is -2.49. The van der Waals surface area contributed by atoms with Crippen LogP contribution in [0.2, 0.25) is 0 Å². The number of nitrogens with zero attached hydrogens (tertiary/aromatic N) is 2. The van der Waals surface area contributed by atoms with Gasteiger partial charge in [-0.2, -0.15) is 0 Å². The zero-order chi connectivity index (χ0) is 15.7. The Balaban J connectivity index is 2.04. The Morgan fingerprint density at radius 3 is 2.55 bits per heavy atom. The fourth-order valence-corrected chi connectivity index (χ4v) is 3.07. The summed E-state index contributed by atoms with van der Waals surface area (Å²) in [5, 5.41) is 0. The van der Waals surface area contributed by atoms with Gasteiger partial charge >= 0.3 is 0 Å². The van der Waals surface area contributed by atoms with Gasteiger partial charge < -0.3 is 15.5 Å². The number of hydrogen-bond donors (Lipinski definition) is 1. The monoisotopic (exact) mass is 295 g/mol. The number of rotatable bonds is 1. The molecule has 0 radical (unpaired) electrons. The first-order chi connectivity index (χ1) is 10.6. The molecule has 114 valence electrons. The Morgan fingerprint density at radius 1 is 1.09 bits per heavy atom. The fourth-order valence-electron chi connectivity index (χ4n) is 3.07. The summed E-state index contributed by atoms with van der Waals surface area (Å²) >= 11 is 0. The van der Waals surface area contributed by atoms with Gasteiger partial charge in [-0.1, -0.05) is 25.1 Å². The smallest absolute Gasteiger partial charge is 0.258 e. The molecule has 0 saturated carbocycles. The summed E-state index contributed by atoms with van der Waals surface area (Å²) in [4.78, 5) is 17.1. The van der Waals surface area contributed by atoms with E-state index in [1.165, 1.54) is 0 Å². The molecule has 0 saturated heterocycles. The van der Waals surface area contributed by atoms with Crippen molar-refractivity contribution < 1.29 is 4.79 Å². The van der Waals surface area contributed by atoms with E-state index in [4.69, 9.17) is 5.73 Å². The number of carbonyl (C=O) groups is 1. The molecule has 22 heavy (non-hydrogen) atoms. The van der Waals surface area contributed by atoms with Crippen LogP contribution in [0.15, 0.2) is 48.5 Å². The van der Waals surface area contributed by atoms with Crippen molar-refractivity contribution in [3.8, 4) is 0 Å². The topological polar surface area (TPSA) is 49.6 Å². The highest BCUT2D eigenvalue weighted by molar-refractivity contribution is 6.08. The molecule has 4 nitrogen and oxygen atoms in total. The standard InChI is InChI=1S/C18H21N3O/c1-13-11-20(2)16-8-3-4-9-17(16)21(12-13)18(22)14-6-5-7-15(19)10-14/h3-10,13H,11-12,19H2,1-2H3. The molecule has 0 bridgehead atoms. The average Bonchev–Trinajstić information content (AvgIpc) is 2.63. The number of fused-ring (bicyclic) bond motifs is 1. The minimum Gasteiger partial charge on any atom is -0.399 e. The van der Waals surface area contributed by atoms with Crippen LogP contribution < -0.4 is 15.5 Å². The summed E-state index contributed by atoms with van der Waals surface area (Å²) in [5.74, 6) is 0.393. The van der Waals surface area contributed by atoms with Crippen molar-refractivity contribution in [2.24, 2.45) is 5.92 Å². The van der Waals surface area contributed by atoms with Crippen molar-refractivity contribution in [3.05, 3.63) is 54.1 Å². The lowest BCUT2D eigenvalue weighted by Gasteiger charge is -2.24. The first kappa shape index (κ1) is 14.4. The number of hydrogen-bond acceptors (Lipinski definition) is 3. The second-order valence-corrected chi connectivity index (χ2v) is 6.02. The lowest BCUT2D eigenvalue weighted by atomic mass is 10.1. The summed E-state index contributed by atoms with van der Waals surface area (Å²) < 4.78 is 0. The van der Waals surface area contributed by atoms with E-state index in [0.717, 1.165) is 17.9 Å². The molecule has 3 rings (SSSR count). The maximum Gasteiger partial charge on any atom is 0.258 e. The molecule has 1 atom stereocenters. The number of nitrogen functional groups attached to an aromatic ring is 1. The molecular formula is C18H21N3O. The molecule has 2 N–H and O–H groups in total. The molecule has 1 aliphatic rings. The largest absolute Gasteiger partial charge is 0.399 e. The summed E-state index contributed by atoms with van der Waals surface area (Å²) in [6.07, 6.45) is 0. The highest BCUT2D eigenvalue weighted by Crippen LogP contribution is 2.33. The molecule has 2 aromatic carbocycles. The summed E-state index contributed by atoms with van der Waals surface area (Å²) in [7, 11) is 2.07. The third-order valence-electron chi connectivity index (χ3n) is 4.04. The van der Waals surface area contributed by atoms with Crippen LogP contribution in [0.3, 0.4) is 0 Å². The first-order valence-electron chi connectivity index (χ1n) is 7.54. The molecule has 1 heterocycles. The Bertz CT molecular complexity index is 698. The summed E-state index contributed by atoms with van der Waals surface area (Å²) in [6.45, 7) is 3.80. The molecule has 0 aliphatic carbocycles. The van der Waals surface area contributed by atoms with Gasteiger partial charge in [-0.05, 0) is 36.2 Å². The van der Waals surface area contributed by atoms with Gasteiger partial charge in [-0.3, -0.25) is 4.79 Å². The molecule has 4 heteroatoms. The summed E-state index contributed by atoms with van der Waals surface area (Å²) in [6, 6.07) is 15.2. The molecule has 0 aromatic heterocycles. The quantitative estimate of drug-likeness (QED) is 0.823. The van der Waals surface area contributed by atoms with Crippen LogP contribution in [-0.2, 0) is 0 Å². The van der Waals surface area contributed by atoms with Crippen molar-refractivity contribution in [1.82, 2.24) is 0 Å². The minimum atomic E-state index is 0.00176. The van der Waals surface area contributed by atoms with Crippen LogP contribution >= 0.6 is 0 Å². The number of anilines is 3. The molecule has 0 spiro atoms. The van der Waals surface area contributed by atoms with Crippen LogP contribution in [0.4, 0.5) is 17.1 Å². The zero-order valence-corrected chi connectivity index (χ0v) is 13.0. The molecule has 1 amide bonds. The van der Waals surface area contributed by atoms with Crippen molar-refractivity contribution in [2.45, 2.75) is 6.92 Å². The van der Waals surface area contributed by atoms with Crippen molar-refractivity contribution in [2.75, 3.05) is 35.7 Å². The molecule has 1 unspecified atom stereocenters. The maximum atomic E-state index is 13.0. The number of benzene rings is 2. The van der Waals surface area contributed by atoms with Crippen molar-refractivity contribution >= 4 is 23.0 Å². The number of amides is 1. The highest BCUT2D eigenvalue weighted by Gasteiger charge is 2.27. The Kier molecular flexibility index (Phi) is 3.75. The van der Waals surface area contributed by atoms with E-state index in [1.807, 2.05) is 35.2 Å². The second kappa shape index (κ2) is 5.72. The summed E-state index contributed by atoms with van der Waals surface area (Å²) in [5.41, 5.74) is 9.11. The van der Waals surface area contributed by atoms with E-state index < -0.39 is 0 Å². The van der Waals surface area contributed by atoms with E-state index in [-0.39, 0.29) is 5.91 Å². The fraction of sp³-hybridized carbons (Fsp3) is 0.278. The van der Waals surface area contributed by atoms with Gasteiger partial charge in [-0.25, -0.2) is 0 Å². The van der Waals surface area contributed by atoms with Gasteiger partial charge in [0.15, 0.2) is 0 Å². The Labute approximate surface area is 131 Å². The van der Waals surface area contributed by atoms with E-state index in [9.17, 15) is 4.79 Å². The predicted molar refractivity (Wildman–Crippen MR) is 91.4 cm³/mol. The number of para-hydroxylation sites is 2. The van der Waals surface area contributed by atoms with Gasteiger partial charge in [0.2, 0.25) is 0 Å². The minimum absolute atomic E-state index is 0.00176. The van der Waals surface area contributed by atoms with Crippen LogP contribution in [-0.4, -0.2) is 26.0 Å². The highest BCUT2D eigenvalue weighted by atomic mass is 16.2. The zero-order valence-electron chi connectivity index (χ0n) is 13.0. The third-order valence-corrected chi connectivity index (χ3v) is 4.04. The lowest BCUT2D eigenvalue weighted by Crippen LogP contribution is -2.34. The van der Waals surface area contributed by atoms with Crippen molar-refractivity contribution in [1.29, 1.82) is 0 Å². The van der Waals surface area contributed by atoms with Crippen LogP contribution in [0, 0.1) is 5.92 Å². The van der Waals surface area contributed by atoms with Gasteiger partial charge in [0.25, 0.3) is 5.91 Å². The van der Waals surface area contributed by atoms with E-state index in [1.54, 1.807) is 12.1 Å². The first-order valence-corrected chi connectivity index (χ1v) is 7.54. The SMILES string of the molecule is CC1CN(C)c2ccccc2N(C(=O)c2cccc(N)c2)C1. The maximum absolute atomic E-state index is 13.0. The van der Waals surface area contributed by atoms with E-state index >= 15 is 0 Å². The molecule has 2 aromatic rings. The normalized spacial score (nSPS) is 17.8. The van der Waals surface area contributed by atoms with Crippen LogP contribution in [0.5, 0.6) is 0 Å². The van der Waals surface area contributed by atoms with Gasteiger partial charge in [0.05, 0.1) is 11.4 Å². The number of nitrogens with two attached hydrogens (primary N) is 1. The van der Waals surface area contributed by atoms with E-state index in [2.05, 4.69) is 24.9 Å².